The molecule has 4 nitrogen and oxygen atoms in total. The number of benzene rings is 1. The van der Waals surface area contributed by atoms with Gasteiger partial charge in [0.2, 0.25) is 0 Å². The van der Waals surface area contributed by atoms with Gasteiger partial charge in [-0.2, -0.15) is 13.2 Å². The number of thiophene rings is 1. The molecule has 0 aliphatic heterocycles. The molecule has 2 heterocycles. The molecule has 0 aliphatic carbocycles. The van der Waals surface area contributed by atoms with Gasteiger partial charge in [-0.1, -0.05) is 11.6 Å². The molecule has 3 aromatic rings. The maximum atomic E-state index is 12.9. The van der Waals surface area contributed by atoms with Gasteiger partial charge in [0, 0.05) is 11.6 Å². The van der Waals surface area contributed by atoms with E-state index in [9.17, 15) is 23.1 Å². The number of hydrogen-bond acceptors (Lipinski definition) is 5. The smallest absolute Gasteiger partial charge is 0.417 e. The predicted molar refractivity (Wildman–Crippen MR) is 80.1 cm³/mol. The number of aromatic nitrogens is 1. The van der Waals surface area contributed by atoms with Crippen LogP contribution in [0.5, 0.6) is 5.75 Å². The Morgan fingerprint density at radius 2 is 2.04 bits per heavy atom. The second kappa shape index (κ2) is 5.24. The molecule has 0 unspecified atom stereocenters. The number of carbonyl (C=O) groups excluding carboxylic acids is 1. The molecule has 2 aromatic heterocycles. The number of aromatic hydroxyl groups is 1. The Bertz CT molecular complexity index is 952. The molecular formula is C14H7ClF3NO3S. The van der Waals surface area contributed by atoms with Crippen LogP contribution in [0.4, 0.5) is 13.2 Å². The molecule has 0 spiro atoms. The Kier molecular flexibility index (Phi) is 3.61. The Morgan fingerprint density at radius 3 is 2.65 bits per heavy atom. The van der Waals surface area contributed by atoms with Gasteiger partial charge >= 0.3 is 12.1 Å². The Labute approximate surface area is 136 Å². The van der Waals surface area contributed by atoms with Crippen molar-refractivity contribution in [2.24, 2.45) is 0 Å². The molecule has 0 saturated carbocycles. The van der Waals surface area contributed by atoms with E-state index in [-0.39, 0.29) is 21.5 Å². The first-order valence-electron chi connectivity index (χ1n) is 6.13. The quantitative estimate of drug-likeness (QED) is 0.643. The summed E-state index contributed by atoms with van der Waals surface area (Å²) in [5.41, 5.74) is -0.931. The van der Waals surface area contributed by atoms with Gasteiger partial charge < -0.3 is 9.84 Å². The third-order valence-electron chi connectivity index (χ3n) is 3.26. The monoisotopic (exact) mass is 361 g/mol. The summed E-state index contributed by atoms with van der Waals surface area (Å²) in [5.74, 6) is -1.06. The zero-order chi connectivity index (χ0) is 16.9. The lowest BCUT2D eigenvalue weighted by Gasteiger charge is -2.10. The summed E-state index contributed by atoms with van der Waals surface area (Å²) in [6.45, 7) is 0. The van der Waals surface area contributed by atoms with Gasteiger partial charge in [0.05, 0.1) is 33.3 Å². The number of pyridine rings is 1. The van der Waals surface area contributed by atoms with Crippen molar-refractivity contribution in [3.63, 3.8) is 0 Å². The van der Waals surface area contributed by atoms with Crippen LogP contribution >= 0.6 is 22.9 Å². The zero-order valence-corrected chi connectivity index (χ0v) is 12.9. The van der Waals surface area contributed by atoms with E-state index >= 15 is 0 Å². The van der Waals surface area contributed by atoms with Crippen molar-refractivity contribution < 1.29 is 27.8 Å². The van der Waals surface area contributed by atoms with Gasteiger partial charge in [-0.05, 0) is 12.1 Å². The van der Waals surface area contributed by atoms with Crippen molar-refractivity contribution in [2.45, 2.75) is 6.18 Å². The molecule has 1 aromatic carbocycles. The first-order chi connectivity index (χ1) is 10.7. The Balaban J connectivity index is 2.36. The summed E-state index contributed by atoms with van der Waals surface area (Å²) in [6, 6.07) is 1.97. The minimum absolute atomic E-state index is 0.0483. The molecule has 120 valence electrons. The lowest BCUT2D eigenvalue weighted by atomic mass is 10.1. The largest absolute Gasteiger partial charge is 0.505 e. The van der Waals surface area contributed by atoms with Crippen LogP contribution in [-0.2, 0) is 10.9 Å². The van der Waals surface area contributed by atoms with Gasteiger partial charge in [-0.15, -0.1) is 11.3 Å². The second-order valence-electron chi connectivity index (χ2n) is 4.62. The third-order valence-corrected chi connectivity index (χ3v) is 4.78. The minimum Gasteiger partial charge on any atom is -0.505 e. The highest BCUT2D eigenvalue weighted by Gasteiger charge is 2.34. The van der Waals surface area contributed by atoms with Crippen molar-refractivity contribution >= 4 is 49.9 Å². The molecule has 1 N–H and O–H groups in total. The lowest BCUT2D eigenvalue weighted by Crippen LogP contribution is -2.05. The minimum atomic E-state index is -4.60. The van der Waals surface area contributed by atoms with Crippen molar-refractivity contribution in [1.29, 1.82) is 0 Å². The van der Waals surface area contributed by atoms with Crippen molar-refractivity contribution in [3.05, 3.63) is 33.8 Å². The maximum absolute atomic E-state index is 12.9. The molecule has 0 bridgehead atoms. The van der Waals surface area contributed by atoms with Crippen LogP contribution < -0.4 is 0 Å². The van der Waals surface area contributed by atoms with Gasteiger partial charge in [0.1, 0.15) is 5.75 Å². The summed E-state index contributed by atoms with van der Waals surface area (Å²) in [4.78, 5) is 15.5. The molecule has 0 atom stereocenters. The van der Waals surface area contributed by atoms with Crippen LogP contribution in [-0.4, -0.2) is 23.2 Å². The molecule has 0 fully saturated rings. The van der Waals surface area contributed by atoms with Gasteiger partial charge in [0.25, 0.3) is 0 Å². The maximum Gasteiger partial charge on any atom is 0.417 e. The van der Waals surface area contributed by atoms with Crippen LogP contribution in [0.3, 0.4) is 0 Å². The number of alkyl halides is 3. The number of methoxy groups -OCH3 is 1. The van der Waals surface area contributed by atoms with Gasteiger partial charge in [-0.3, -0.25) is 4.98 Å². The third kappa shape index (κ3) is 2.47. The summed E-state index contributed by atoms with van der Waals surface area (Å²) < 4.78 is 43.7. The summed E-state index contributed by atoms with van der Waals surface area (Å²) in [7, 11) is 1.16. The molecule has 0 saturated heterocycles. The average Bonchev–Trinajstić information content (AvgIpc) is 2.82. The molecular weight excluding hydrogens is 355 g/mol. The highest BCUT2D eigenvalue weighted by Crippen LogP contribution is 2.43. The van der Waals surface area contributed by atoms with Crippen LogP contribution in [0.15, 0.2) is 18.3 Å². The normalized spacial score (nSPS) is 12.0. The highest BCUT2D eigenvalue weighted by molar-refractivity contribution is 7.22. The first-order valence-corrected chi connectivity index (χ1v) is 7.32. The first kappa shape index (κ1) is 15.8. The van der Waals surface area contributed by atoms with Crippen LogP contribution in [0.25, 0.3) is 21.0 Å². The van der Waals surface area contributed by atoms with Gasteiger partial charge in [0.15, 0.2) is 4.88 Å². The highest BCUT2D eigenvalue weighted by atomic mass is 35.5. The number of carbonyl (C=O) groups is 1. The van der Waals surface area contributed by atoms with E-state index in [2.05, 4.69) is 9.72 Å². The van der Waals surface area contributed by atoms with Crippen LogP contribution in [0.1, 0.15) is 15.2 Å². The SMILES string of the molecule is COC(=O)c1sc2c(cnc3cc(C(F)(F)F)c(Cl)cc32)c1O. The van der Waals surface area contributed by atoms with E-state index in [1.165, 1.54) is 6.20 Å². The average molecular weight is 362 g/mol. The number of rotatable bonds is 1. The molecule has 9 heteroatoms. The van der Waals surface area contributed by atoms with E-state index in [0.717, 1.165) is 30.6 Å². The summed E-state index contributed by atoms with van der Waals surface area (Å²) in [5, 5.41) is 10.1. The Morgan fingerprint density at radius 1 is 1.35 bits per heavy atom. The predicted octanol–water partition coefficient (Wildman–Crippen LogP) is 4.61. The Hall–Kier alpha value is -2.06. The van der Waals surface area contributed by atoms with E-state index in [1.54, 1.807) is 0 Å². The topological polar surface area (TPSA) is 59.4 Å². The van der Waals surface area contributed by atoms with Crippen molar-refractivity contribution in [3.8, 4) is 5.75 Å². The summed E-state index contributed by atoms with van der Waals surface area (Å²) >= 11 is 6.63. The number of esters is 1. The molecule has 0 radical (unpaired) electrons. The number of fused-ring (bicyclic) bond motifs is 3. The van der Waals surface area contributed by atoms with E-state index in [0.29, 0.717) is 10.1 Å². The fraction of sp³-hybridized carbons (Fsp3) is 0.143. The molecule has 0 amide bonds. The standard InChI is InChI=1S/C14H7ClF3NO3S/c1-22-13(21)12-10(20)6-4-19-9-3-7(14(16,17)18)8(15)2-5(9)11(6)23-12/h2-4,20H,1H3. The van der Waals surface area contributed by atoms with E-state index < -0.39 is 22.7 Å². The van der Waals surface area contributed by atoms with E-state index in [1.807, 2.05) is 0 Å². The molecule has 23 heavy (non-hydrogen) atoms. The molecule has 0 aliphatic rings. The second-order valence-corrected chi connectivity index (χ2v) is 6.05. The van der Waals surface area contributed by atoms with Gasteiger partial charge in [-0.25, -0.2) is 4.79 Å². The number of halogens is 4. The number of ether oxygens (including phenoxy) is 1. The van der Waals surface area contributed by atoms with Crippen LogP contribution in [0, 0.1) is 0 Å². The lowest BCUT2D eigenvalue weighted by molar-refractivity contribution is -0.137. The number of nitrogens with zero attached hydrogens (tertiary/aromatic N) is 1. The fourth-order valence-electron chi connectivity index (χ4n) is 2.19. The van der Waals surface area contributed by atoms with Crippen molar-refractivity contribution in [2.75, 3.05) is 7.11 Å². The van der Waals surface area contributed by atoms with E-state index in [4.69, 9.17) is 11.6 Å². The zero-order valence-electron chi connectivity index (χ0n) is 11.4. The fourth-order valence-corrected chi connectivity index (χ4v) is 3.57. The van der Waals surface area contributed by atoms with Crippen LogP contribution in [0.2, 0.25) is 5.02 Å². The molecule has 3 rings (SSSR count). The van der Waals surface area contributed by atoms with Crippen molar-refractivity contribution in [1.82, 2.24) is 4.98 Å². The summed E-state index contributed by atoms with van der Waals surface area (Å²) in [6.07, 6.45) is -3.39. The number of hydrogen-bond donors (Lipinski definition) is 1.